The van der Waals surface area contributed by atoms with E-state index in [1.165, 1.54) is 0 Å². The zero-order chi connectivity index (χ0) is 18.1. The highest BCUT2D eigenvalue weighted by molar-refractivity contribution is 5.65. The fourth-order valence-electron chi connectivity index (χ4n) is 3.04. The molecule has 0 radical (unpaired) electrons. The minimum atomic E-state index is 0.826. The van der Waals surface area contributed by atoms with Gasteiger partial charge in [-0.05, 0) is 56.3 Å². The molecule has 0 fully saturated rings. The first kappa shape index (κ1) is 16.1. The zero-order valence-electron chi connectivity index (χ0n) is 15.0. The van der Waals surface area contributed by atoms with Crippen molar-refractivity contribution in [3.63, 3.8) is 0 Å². The van der Waals surface area contributed by atoms with Gasteiger partial charge in [-0.25, -0.2) is 9.36 Å². The van der Waals surface area contributed by atoms with Crippen molar-refractivity contribution in [2.45, 2.75) is 13.8 Å². The van der Waals surface area contributed by atoms with E-state index in [-0.39, 0.29) is 0 Å². The maximum absolute atomic E-state index is 5.25. The third-order valence-corrected chi connectivity index (χ3v) is 4.34. The number of nitrogens with zero attached hydrogens (tertiary/aromatic N) is 4. The van der Waals surface area contributed by atoms with Gasteiger partial charge in [-0.1, -0.05) is 18.2 Å². The number of para-hydroxylation sites is 1. The van der Waals surface area contributed by atoms with E-state index in [9.17, 15) is 0 Å². The molecule has 0 aliphatic carbocycles. The van der Waals surface area contributed by atoms with Gasteiger partial charge in [0.25, 0.3) is 0 Å². The summed E-state index contributed by atoms with van der Waals surface area (Å²) in [5.41, 5.74) is 6.03. The molecule has 0 aliphatic heterocycles. The smallest absolute Gasteiger partial charge is 0.119 e. The molecule has 0 saturated heterocycles. The summed E-state index contributed by atoms with van der Waals surface area (Å²) in [6, 6.07) is 20.1. The van der Waals surface area contributed by atoms with Gasteiger partial charge in [0, 0.05) is 11.8 Å². The average molecular weight is 344 g/mol. The number of aromatic nitrogens is 4. The summed E-state index contributed by atoms with van der Waals surface area (Å²) in [7, 11) is 1.67. The average Bonchev–Trinajstić information content (AvgIpc) is 3.25. The van der Waals surface area contributed by atoms with Crippen LogP contribution in [0.2, 0.25) is 0 Å². The quantitative estimate of drug-likeness (QED) is 0.553. The third kappa shape index (κ3) is 2.88. The monoisotopic (exact) mass is 344 g/mol. The standard InChI is InChI=1S/C21H20N4O/c1-15-13-21(25(22-15)18-9-11-19(26-3)12-10-18)20-14-24(23-16(20)2)17-7-5-4-6-8-17/h4-14H,1-3H3. The highest BCUT2D eigenvalue weighted by Crippen LogP contribution is 2.28. The van der Waals surface area contributed by atoms with E-state index in [1.54, 1.807) is 7.11 Å². The van der Waals surface area contributed by atoms with Crippen molar-refractivity contribution in [3.05, 3.63) is 78.2 Å². The van der Waals surface area contributed by atoms with E-state index in [0.717, 1.165) is 39.8 Å². The Hall–Kier alpha value is -3.34. The largest absolute Gasteiger partial charge is 0.497 e. The molecule has 0 bridgehead atoms. The summed E-state index contributed by atoms with van der Waals surface area (Å²) < 4.78 is 9.11. The van der Waals surface area contributed by atoms with E-state index in [2.05, 4.69) is 22.5 Å². The van der Waals surface area contributed by atoms with Crippen LogP contribution in [0.25, 0.3) is 22.6 Å². The Morgan fingerprint density at radius 1 is 0.846 bits per heavy atom. The van der Waals surface area contributed by atoms with Crippen molar-refractivity contribution in [3.8, 4) is 28.4 Å². The van der Waals surface area contributed by atoms with Gasteiger partial charge < -0.3 is 4.74 Å². The second-order valence-corrected chi connectivity index (χ2v) is 6.19. The van der Waals surface area contributed by atoms with Crippen LogP contribution in [0.1, 0.15) is 11.4 Å². The van der Waals surface area contributed by atoms with Crippen LogP contribution in [-0.2, 0) is 0 Å². The van der Waals surface area contributed by atoms with Gasteiger partial charge in [0.1, 0.15) is 5.75 Å². The maximum Gasteiger partial charge on any atom is 0.119 e. The van der Waals surface area contributed by atoms with Gasteiger partial charge in [-0.2, -0.15) is 10.2 Å². The van der Waals surface area contributed by atoms with Gasteiger partial charge in [0.05, 0.1) is 35.6 Å². The van der Waals surface area contributed by atoms with Gasteiger partial charge >= 0.3 is 0 Å². The van der Waals surface area contributed by atoms with Crippen molar-refractivity contribution in [2.75, 3.05) is 7.11 Å². The SMILES string of the molecule is COc1ccc(-n2nc(C)cc2-c2cn(-c3ccccc3)nc2C)cc1. The Labute approximate surface area is 152 Å². The van der Waals surface area contributed by atoms with E-state index in [1.807, 2.05) is 77.8 Å². The van der Waals surface area contributed by atoms with E-state index in [4.69, 9.17) is 4.74 Å². The van der Waals surface area contributed by atoms with Crippen molar-refractivity contribution in [1.29, 1.82) is 0 Å². The van der Waals surface area contributed by atoms with Crippen molar-refractivity contribution >= 4 is 0 Å². The topological polar surface area (TPSA) is 44.9 Å². The predicted octanol–water partition coefficient (Wildman–Crippen LogP) is 4.35. The molecule has 5 heteroatoms. The van der Waals surface area contributed by atoms with Crippen LogP contribution in [0, 0.1) is 13.8 Å². The fourth-order valence-corrected chi connectivity index (χ4v) is 3.04. The lowest BCUT2D eigenvalue weighted by Gasteiger charge is -2.08. The first-order valence-electron chi connectivity index (χ1n) is 8.49. The molecule has 2 heterocycles. The fraction of sp³-hybridized carbons (Fsp3) is 0.143. The first-order valence-corrected chi connectivity index (χ1v) is 8.49. The Bertz CT molecular complexity index is 1030. The van der Waals surface area contributed by atoms with E-state index in [0.29, 0.717) is 0 Å². The molecule has 0 amide bonds. The maximum atomic E-state index is 5.25. The third-order valence-electron chi connectivity index (χ3n) is 4.34. The second kappa shape index (κ2) is 6.52. The molecule has 0 unspecified atom stereocenters. The molecule has 4 aromatic rings. The minimum Gasteiger partial charge on any atom is -0.497 e. The van der Waals surface area contributed by atoms with Crippen molar-refractivity contribution in [1.82, 2.24) is 19.6 Å². The van der Waals surface area contributed by atoms with Crippen LogP contribution >= 0.6 is 0 Å². The van der Waals surface area contributed by atoms with Crippen LogP contribution in [-0.4, -0.2) is 26.7 Å². The minimum absolute atomic E-state index is 0.826. The molecule has 2 aromatic carbocycles. The first-order chi connectivity index (χ1) is 12.7. The van der Waals surface area contributed by atoms with Crippen LogP contribution in [0.4, 0.5) is 0 Å². The molecule has 130 valence electrons. The summed E-state index contributed by atoms with van der Waals surface area (Å²) >= 11 is 0. The molecule has 0 saturated carbocycles. The summed E-state index contributed by atoms with van der Waals surface area (Å²) in [5, 5.41) is 9.36. The normalized spacial score (nSPS) is 10.9. The molecular formula is C21H20N4O. The van der Waals surface area contributed by atoms with E-state index < -0.39 is 0 Å². The Morgan fingerprint density at radius 2 is 1.58 bits per heavy atom. The molecular weight excluding hydrogens is 324 g/mol. The molecule has 0 aliphatic rings. The lowest BCUT2D eigenvalue weighted by atomic mass is 10.2. The van der Waals surface area contributed by atoms with Gasteiger partial charge in [0.15, 0.2) is 0 Å². The van der Waals surface area contributed by atoms with E-state index >= 15 is 0 Å². The summed E-state index contributed by atoms with van der Waals surface area (Å²) in [6.07, 6.45) is 2.06. The van der Waals surface area contributed by atoms with Crippen LogP contribution in [0.3, 0.4) is 0 Å². The number of hydrogen-bond acceptors (Lipinski definition) is 3. The zero-order valence-corrected chi connectivity index (χ0v) is 15.0. The molecule has 4 rings (SSSR count). The van der Waals surface area contributed by atoms with Crippen molar-refractivity contribution < 1.29 is 4.74 Å². The predicted molar refractivity (Wildman–Crippen MR) is 102 cm³/mol. The van der Waals surface area contributed by atoms with Crippen LogP contribution < -0.4 is 4.74 Å². The number of methoxy groups -OCH3 is 1. The Balaban J connectivity index is 1.80. The second-order valence-electron chi connectivity index (χ2n) is 6.19. The highest BCUT2D eigenvalue weighted by Gasteiger charge is 2.15. The molecule has 0 N–H and O–H groups in total. The molecule has 2 aromatic heterocycles. The lowest BCUT2D eigenvalue weighted by Crippen LogP contribution is -1.99. The Morgan fingerprint density at radius 3 is 2.27 bits per heavy atom. The molecule has 0 atom stereocenters. The number of rotatable bonds is 4. The van der Waals surface area contributed by atoms with Gasteiger partial charge in [-0.3, -0.25) is 0 Å². The number of hydrogen-bond donors (Lipinski definition) is 0. The van der Waals surface area contributed by atoms with Crippen LogP contribution in [0.5, 0.6) is 5.75 Å². The Kier molecular flexibility index (Phi) is 4.05. The van der Waals surface area contributed by atoms with Gasteiger partial charge in [0.2, 0.25) is 0 Å². The molecule has 5 nitrogen and oxygen atoms in total. The molecule has 0 spiro atoms. The number of benzene rings is 2. The van der Waals surface area contributed by atoms with Crippen molar-refractivity contribution in [2.24, 2.45) is 0 Å². The number of aryl methyl sites for hydroxylation is 2. The molecule has 26 heavy (non-hydrogen) atoms. The summed E-state index contributed by atoms with van der Waals surface area (Å²) in [6.45, 7) is 4.02. The lowest BCUT2D eigenvalue weighted by molar-refractivity contribution is 0.414. The highest BCUT2D eigenvalue weighted by atomic mass is 16.5. The summed E-state index contributed by atoms with van der Waals surface area (Å²) in [5.74, 6) is 0.826. The van der Waals surface area contributed by atoms with Crippen LogP contribution in [0.15, 0.2) is 66.9 Å². The van der Waals surface area contributed by atoms with Gasteiger partial charge in [-0.15, -0.1) is 0 Å². The number of ether oxygens (including phenoxy) is 1. The summed E-state index contributed by atoms with van der Waals surface area (Å²) in [4.78, 5) is 0.